The fourth-order valence-corrected chi connectivity index (χ4v) is 3.73. The molecule has 0 fully saturated rings. The van der Waals surface area contributed by atoms with E-state index in [1.165, 1.54) is 17.5 Å². The third kappa shape index (κ3) is 3.41. The number of thiazole rings is 1. The molecule has 0 saturated carbocycles. The predicted octanol–water partition coefficient (Wildman–Crippen LogP) is 5.08. The summed E-state index contributed by atoms with van der Waals surface area (Å²) in [5.41, 5.74) is 12.3. The molecule has 0 radical (unpaired) electrons. The van der Waals surface area contributed by atoms with Crippen LogP contribution in [0.5, 0.6) is 0 Å². The van der Waals surface area contributed by atoms with Gasteiger partial charge in [-0.25, -0.2) is 15.0 Å². The average molecular weight is 376 g/mol. The molecule has 4 rings (SSSR count). The molecule has 0 unspecified atom stereocenters. The lowest BCUT2D eigenvalue weighted by Crippen LogP contribution is -2.05. The first-order valence-electron chi connectivity index (χ1n) is 8.59. The molecule has 4 N–H and O–H groups in total. The van der Waals surface area contributed by atoms with Crippen LogP contribution in [0.4, 0.5) is 28.1 Å². The summed E-state index contributed by atoms with van der Waals surface area (Å²) in [7, 11) is 0. The molecule has 4 aromatic rings. The first kappa shape index (κ1) is 17.2. The summed E-state index contributed by atoms with van der Waals surface area (Å²) in [6, 6.07) is 12.3. The van der Waals surface area contributed by atoms with Crippen LogP contribution >= 0.6 is 11.3 Å². The SMILES string of the molecule is Cc1ccc(Nc2ncnc(Nc3nc4c(C)cccc4s3)c2N)cc1C. The Kier molecular flexibility index (Phi) is 4.37. The number of benzene rings is 2. The van der Waals surface area contributed by atoms with Gasteiger partial charge in [-0.05, 0) is 55.7 Å². The molecular formula is C20H20N6S. The minimum atomic E-state index is 0.451. The van der Waals surface area contributed by atoms with Gasteiger partial charge >= 0.3 is 0 Å². The standard InChI is InChI=1S/C20H20N6S/c1-11-7-8-14(9-13(11)3)24-18-16(21)19(23-10-22-18)26-20-25-17-12(2)5-4-6-15(17)27-20/h4-10H,21H2,1-3H3,(H2,22,23,24,25,26). The minimum Gasteiger partial charge on any atom is -0.393 e. The molecule has 0 amide bonds. The van der Waals surface area contributed by atoms with E-state index in [4.69, 9.17) is 5.73 Å². The van der Waals surface area contributed by atoms with E-state index in [1.807, 2.05) is 12.1 Å². The van der Waals surface area contributed by atoms with Crippen LogP contribution in [0.15, 0.2) is 42.7 Å². The van der Waals surface area contributed by atoms with E-state index >= 15 is 0 Å². The van der Waals surface area contributed by atoms with Gasteiger partial charge in [0.15, 0.2) is 16.8 Å². The highest BCUT2D eigenvalue weighted by atomic mass is 32.1. The third-order valence-corrected chi connectivity index (χ3v) is 5.44. The molecule has 6 nitrogen and oxygen atoms in total. The quantitative estimate of drug-likeness (QED) is 0.460. The number of rotatable bonds is 4. The van der Waals surface area contributed by atoms with Crippen molar-refractivity contribution < 1.29 is 0 Å². The van der Waals surface area contributed by atoms with Crippen LogP contribution in [0.3, 0.4) is 0 Å². The summed E-state index contributed by atoms with van der Waals surface area (Å²) in [6.07, 6.45) is 1.49. The van der Waals surface area contributed by atoms with Gasteiger partial charge in [0.1, 0.15) is 12.0 Å². The summed E-state index contributed by atoms with van der Waals surface area (Å²) in [5.74, 6) is 1.10. The van der Waals surface area contributed by atoms with Crippen LogP contribution in [0.1, 0.15) is 16.7 Å². The maximum atomic E-state index is 6.30. The Morgan fingerprint density at radius 1 is 0.889 bits per heavy atom. The Labute approximate surface area is 161 Å². The zero-order valence-electron chi connectivity index (χ0n) is 15.4. The molecule has 2 heterocycles. The van der Waals surface area contributed by atoms with E-state index in [9.17, 15) is 0 Å². The van der Waals surface area contributed by atoms with E-state index in [0.717, 1.165) is 26.6 Å². The number of nitrogens with two attached hydrogens (primary N) is 1. The summed E-state index contributed by atoms with van der Waals surface area (Å²) >= 11 is 1.57. The Morgan fingerprint density at radius 2 is 1.67 bits per heavy atom. The highest BCUT2D eigenvalue weighted by Gasteiger charge is 2.12. The molecule has 7 heteroatoms. The average Bonchev–Trinajstić information content (AvgIpc) is 3.06. The Bertz CT molecular complexity index is 1130. The maximum Gasteiger partial charge on any atom is 0.189 e. The van der Waals surface area contributed by atoms with Crippen molar-refractivity contribution in [3.05, 3.63) is 59.4 Å². The number of nitrogens with one attached hydrogen (secondary N) is 2. The van der Waals surface area contributed by atoms with Gasteiger partial charge in [-0.15, -0.1) is 0 Å². The van der Waals surface area contributed by atoms with Gasteiger partial charge in [0.05, 0.1) is 10.2 Å². The monoisotopic (exact) mass is 376 g/mol. The van der Waals surface area contributed by atoms with Crippen LogP contribution in [-0.4, -0.2) is 15.0 Å². The van der Waals surface area contributed by atoms with Crippen LogP contribution in [-0.2, 0) is 0 Å². The summed E-state index contributed by atoms with van der Waals surface area (Å²) in [5, 5.41) is 7.25. The molecule has 0 spiro atoms. The van der Waals surface area contributed by atoms with Crippen LogP contribution < -0.4 is 16.4 Å². The molecule has 136 valence electrons. The first-order valence-corrected chi connectivity index (χ1v) is 9.41. The topological polar surface area (TPSA) is 88.8 Å². The van der Waals surface area contributed by atoms with Gasteiger partial charge in [0.2, 0.25) is 0 Å². The molecule has 0 aliphatic carbocycles. The van der Waals surface area contributed by atoms with Gasteiger partial charge in [-0.1, -0.05) is 29.5 Å². The van der Waals surface area contributed by atoms with Crippen molar-refractivity contribution >= 4 is 49.7 Å². The van der Waals surface area contributed by atoms with Gasteiger partial charge < -0.3 is 16.4 Å². The van der Waals surface area contributed by atoms with Crippen LogP contribution in [0, 0.1) is 20.8 Å². The smallest absolute Gasteiger partial charge is 0.189 e. The molecule has 2 aromatic heterocycles. The zero-order chi connectivity index (χ0) is 19.0. The van der Waals surface area contributed by atoms with E-state index in [-0.39, 0.29) is 0 Å². The molecule has 0 saturated heterocycles. The number of nitrogens with zero attached hydrogens (tertiary/aromatic N) is 3. The van der Waals surface area contributed by atoms with Crippen molar-refractivity contribution in [1.29, 1.82) is 0 Å². The number of hydrogen-bond donors (Lipinski definition) is 3. The largest absolute Gasteiger partial charge is 0.393 e. The highest BCUT2D eigenvalue weighted by molar-refractivity contribution is 7.22. The van der Waals surface area contributed by atoms with Gasteiger partial charge in [-0.3, -0.25) is 0 Å². The van der Waals surface area contributed by atoms with Crippen molar-refractivity contribution in [2.45, 2.75) is 20.8 Å². The Hall–Kier alpha value is -3.19. The molecule has 27 heavy (non-hydrogen) atoms. The lowest BCUT2D eigenvalue weighted by atomic mass is 10.1. The second kappa shape index (κ2) is 6.85. The third-order valence-electron chi connectivity index (χ3n) is 4.50. The second-order valence-electron chi connectivity index (χ2n) is 6.47. The predicted molar refractivity (Wildman–Crippen MR) is 113 cm³/mol. The van der Waals surface area contributed by atoms with Crippen molar-refractivity contribution in [1.82, 2.24) is 15.0 Å². The van der Waals surface area contributed by atoms with Crippen LogP contribution in [0.2, 0.25) is 0 Å². The van der Waals surface area contributed by atoms with Gasteiger partial charge in [0, 0.05) is 5.69 Å². The normalized spacial score (nSPS) is 10.9. The summed E-state index contributed by atoms with van der Waals surface area (Å²) in [6.45, 7) is 6.21. The molecule has 0 aliphatic heterocycles. The number of nitrogen functional groups attached to an aromatic ring is 1. The lowest BCUT2D eigenvalue weighted by Gasteiger charge is -2.12. The lowest BCUT2D eigenvalue weighted by molar-refractivity contribution is 1.17. The Morgan fingerprint density at radius 3 is 2.41 bits per heavy atom. The van der Waals surface area contributed by atoms with Crippen molar-refractivity contribution in [3.63, 3.8) is 0 Å². The van der Waals surface area contributed by atoms with E-state index < -0.39 is 0 Å². The second-order valence-corrected chi connectivity index (χ2v) is 7.50. The number of para-hydroxylation sites is 1. The number of aromatic nitrogens is 3. The van der Waals surface area contributed by atoms with E-state index in [0.29, 0.717) is 17.3 Å². The van der Waals surface area contributed by atoms with E-state index in [1.54, 1.807) is 11.3 Å². The molecular weight excluding hydrogens is 356 g/mol. The summed E-state index contributed by atoms with van der Waals surface area (Å²) in [4.78, 5) is 13.2. The minimum absolute atomic E-state index is 0.451. The number of fused-ring (bicyclic) bond motifs is 1. The number of aryl methyl sites for hydroxylation is 3. The first-order chi connectivity index (χ1) is 13.0. The molecule has 2 aromatic carbocycles. The molecule has 0 aliphatic rings. The molecule has 0 bridgehead atoms. The van der Waals surface area contributed by atoms with Crippen molar-refractivity contribution in [3.8, 4) is 0 Å². The van der Waals surface area contributed by atoms with Crippen LogP contribution in [0.25, 0.3) is 10.2 Å². The summed E-state index contributed by atoms with van der Waals surface area (Å²) < 4.78 is 1.12. The maximum absolute atomic E-state index is 6.30. The fraction of sp³-hybridized carbons (Fsp3) is 0.150. The van der Waals surface area contributed by atoms with Gasteiger partial charge in [0.25, 0.3) is 0 Å². The van der Waals surface area contributed by atoms with Crippen molar-refractivity contribution in [2.75, 3.05) is 16.4 Å². The molecule has 0 atom stereocenters. The number of hydrogen-bond acceptors (Lipinski definition) is 7. The fourth-order valence-electron chi connectivity index (χ4n) is 2.79. The van der Waals surface area contributed by atoms with Crippen molar-refractivity contribution in [2.24, 2.45) is 0 Å². The van der Waals surface area contributed by atoms with Gasteiger partial charge in [-0.2, -0.15) is 0 Å². The zero-order valence-corrected chi connectivity index (χ0v) is 16.2. The van der Waals surface area contributed by atoms with E-state index in [2.05, 4.69) is 70.6 Å². The Balaban J connectivity index is 1.62. The number of anilines is 5. The highest BCUT2D eigenvalue weighted by Crippen LogP contribution is 2.33.